The number of ether oxygens (including phenoxy) is 1. The fraction of sp³-hybridized carbons (Fsp3) is 0.562. The summed E-state index contributed by atoms with van der Waals surface area (Å²) in [5.74, 6) is 0.276. The van der Waals surface area contributed by atoms with Crippen LogP contribution in [0.3, 0.4) is 0 Å². The second-order valence-electron chi connectivity index (χ2n) is 5.75. The van der Waals surface area contributed by atoms with Crippen LogP contribution in [0.15, 0.2) is 18.2 Å². The van der Waals surface area contributed by atoms with Crippen LogP contribution in [0, 0.1) is 5.92 Å². The third-order valence-corrected chi connectivity index (χ3v) is 3.82. The molecule has 4 heteroatoms. The number of nitrogens with zero attached hydrogens (tertiary/aromatic N) is 1. The van der Waals surface area contributed by atoms with Gasteiger partial charge in [-0.3, -0.25) is 4.79 Å². The molecule has 1 heterocycles. The Morgan fingerprint density at radius 1 is 1.40 bits per heavy atom. The van der Waals surface area contributed by atoms with Gasteiger partial charge in [-0.1, -0.05) is 32.0 Å². The molecule has 0 bridgehead atoms. The molecule has 20 heavy (non-hydrogen) atoms. The van der Waals surface area contributed by atoms with Crippen LogP contribution in [0.1, 0.15) is 36.6 Å². The van der Waals surface area contributed by atoms with Crippen molar-refractivity contribution in [2.45, 2.75) is 32.9 Å². The highest BCUT2D eigenvalue weighted by atomic mass is 16.5. The number of hydrogen-bond donors (Lipinski definition) is 1. The second-order valence-corrected chi connectivity index (χ2v) is 5.75. The zero-order valence-electron chi connectivity index (χ0n) is 12.6. The van der Waals surface area contributed by atoms with E-state index in [-0.39, 0.29) is 17.9 Å². The minimum absolute atomic E-state index is 0.0514. The lowest BCUT2D eigenvalue weighted by Crippen LogP contribution is -2.38. The lowest BCUT2D eigenvalue weighted by molar-refractivity contribution is -0.135. The van der Waals surface area contributed by atoms with E-state index in [9.17, 15) is 4.79 Å². The molecule has 1 aromatic carbocycles. The minimum atomic E-state index is -0.110. The topological polar surface area (TPSA) is 55.6 Å². The van der Waals surface area contributed by atoms with Crippen LogP contribution >= 0.6 is 0 Å². The molecular formula is C16H24N2O2. The molecule has 2 rings (SSSR count). The summed E-state index contributed by atoms with van der Waals surface area (Å²) in [4.78, 5) is 14.1. The summed E-state index contributed by atoms with van der Waals surface area (Å²) in [5.41, 5.74) is 9.69. The van der Waals surface area contributed by atoms with Gasteiger partial charge in [0.1, 0.15) is 0 Å². The highest BCUT2D eigenvalue weighted by Gasteiger charge is 2.23. The predicted molar refractivity (Wildman–Crippen MR) is 79.2 cm³/mol. The van der Waals surface area contributed by atoms with E-state index in [1.807, 2.05) is 18.7 Å². The van der Waals surface area contributed by atoms with E-state index in [0.29, 0.717) is 13.2 Å². The Morgan fingerprint density at radius 2 is 2.15 bits per heavy atom. The van der Waals surface area contributed by atoms with Crippen molar-refractivity contribution in [3.05, 3.63) is 34.9 Å². The number of carbonyl (C=O) groups excluding carboxylic acids is 1. The van der Waals surface area contributed by atoms with Gasteiger partial charge in [-0.15, -0.1) is 0 Å². The molecule has 2 N–H and O–H groups in total. The number of amides is 1. The number of rotatable bonds is 4. The molecule has 1 aromatic rings. The van der Waals surface area contributed by atoms with E-state index in [1.165, 1.54) is 11.1 Å². The summed E-state index contributed by atoms with van der Waals surface area (Å²) in [6.07, 6.45) is 0.924. The number of hydrogen-bond acceptors (Lipinski definition) is 3. The summed E-state index contributed by atoms with van der Waals surface area (Å²) in [7, 11) is 1.65. The molecule has 110 valence electrons. The Bertz CT molecular complexity index is 485. The van der Waals surface area contributed by atoms with Gasteiger partial charge in [0.25, 0.3) is 0 Å². The molecule has 4 nitrogen and oxygen atoms in total. The van der Waals surface area contributed by atoms with Crippen LogP contribution < -0.4 is 5.73 Å². The van der Waals surface area contributed by atoms with Crippen LogP contribution in [0.25, 0.3) is 0 Å². The molecule has 0 radical (unpaired) electrons. The predicted octanol–water partition coefficient (Wildman–Crippen LogP) is 1.87. The van der Waals surface area contributed by atoms with Crippen molar-refractivity contribution in [3.8, 4) is 0 Å². The van der Waals surface area contributed by atoms with E-state index in [4.69, 9.17) is 10.5 Å². The molecule has 1 unspecified atom stereocenters. The van der Waals surface area contributed by atoms with Gasteiger partial charge < -0.3 is 15.4 Å². The minimum Gasteiger partial charge on any atom is -0.383 e. The average molecular weight is 276 g/mol. The van der Waals surface area contributed by atoms with E-state index in [0.717, 1.165) is 18.5 Å². The number of benzene rings is 1. The van der Waals surface area contributed by atoms with Crippen LogP contribution in [0.2, 0.25) is 0 Å². The molecule has 0 spiro atoms. The molecule has 0 aromatic heterocycles. The average Bonchev–Trinajstić information content (AvgIpc) is 2.45. The molecular weight excluding hydrogens is 252 g/mol. The van der Waals surface area contributed by atoms with E-state index < -0.39 is 0 Å². The first kappa shape index (κ1) is 15.0. The van der Waals surface area contributed by atoms with Crippen LogP contribution in [0.4, 0.5) is 0 Å². The van der Waals surface area contributed by atoms with E-state index >= 15 is 0 Å². The third-order valence-electron chi connectivity index (χ3n) is 3.82. The summed E-state index contributed by atoms with van der Waals surface area (Å²) in [6, 6.07) is 6.22. The number of fused-ring (bicyclic) bond motifs is 1. The molecule has 0 fully saturated rings. The zero-order valence-corrected chi connectivity index (χ0v) is 12.6. The lowest BCUT2D eigenvalue weighted by atomic mass is 9.94. The van der Waals surface area contributed by atoms with Crippen molar-refractivity contribution < 1.29 is 9.53 Å². The van der Waals surface area contributed by atoms with Gasteiger partial charge >= 0.3 is 0 Å². The van der Waals surface area contributed by atoms with Crippen LogP contribution in [-0.2, 0) is 22.5 Å². The summed E-state index contributed by atoms with van der Waals surface area (Å²) in [6.45, 7) is 5.91. The largest absolute Gasteiger partial charge is 0.383 e. The first-order chi connectivity index (χ1) is 9.52. The quantitative estimate of drug-likeness (QED) is 0.913. The standard InChI is InChI=1S/C16H24N2O2/c1-11(2)16(19)18-7-6-12-4-5-13(8-14(12)9-18)15(17)10-20-3/h4-5,8,11,15H,6-7,9-10,17H2,1-3H3. The third kappa shape index (κ3) is 3.19. The highest BCUT2D eigenvalue weighted by Crippen LogP contribution is 2.23. The van der Waals surface area contributed by atoms with Gasteiger partial charge in [-0.25, -0.2) is 0 Å². The van der Waals surface area contributed by atoms with Gasteiger partial charge in [0.05, 0.1) is 12.6 Å². The molecule has 0 saturated heterocycles. The normalized spacial score (nSPS) is 16.1. The monoisotopic (exact) mass is 276 g/mol. The first-order valence-corrected chi connectivity index (χ1v) is 7.18. The van der Waals surface area contributed by atoms with Crippen LogP contribution in [0.5, 0.6) is 0 Å². The van der Waals surface area contributed by atoms with Crippen molar-refractivity contribution in [1.82, 2.24) is 4.90 Å². The first-order valence-electron chi connectivity index (χ1n) is 7.18. The van der Waals surface area contributed by atoms with E-state index in [1.54, 1.807) is 7.11 Å². The Labute approximate surface area is 120 Å². The van der Waals surface area contributed by atoms with Gasteiger partial charge in [-0.05, 0) is 23.1 Å². The SMILES string of the molecule is COCC(N)c1ccc2c(c1)CN(C(=O)C(C)C)CC2. The van der Waals surface area contributed by atoms with Gasteiger partial charge in [-0.2, -0.15) is 0 Å². The van der Waals surface area contributed by atoms with Crippen molar-refractivity contribution >= 4 is 5.91 Å². The molecule has 1 aliphatic heterocycles. The summed E-state index contributed by atoms with van der Waals surface area (Å²) < 4.78 is 5.10. The highest BCUT2D eigenvalue weighted by molar-refractivity contribution is 5.78. The lowest BCUT2D eigenvalue weighted by Gasteiger charge is -2.31. The molecule has 1 atom stereocenters. The molecule has 0 saturated carbocycles. The molecule has 1 amide bonds. The summed E-state index contributed by atoms with van der Waals surface area (Å²) >= 11 is 0. The Balaban J connectivity index is 2.17. The molecule has 1 aliphatic rings. The second kappa shape index (κ2) is 6.37. The maximum absolute atomic E-state index is 12.1. The maximum Gasteiger partial charge on any atom is 0.225 e. The zero-order chi connectivity index (χ0) is 14.7. The van der Waals surface area contributed by atoms with Crippen molar-refractivity contribution in [2.75, 3.05) is 20.3 Å². The van der Waals surface area contributed by atoms with Crippen molar-refractivity contribution in [2.24, 2.45) is 11.7 Å². The van der Waals surface area contributed by atoms with E-state index in [2.05, 4.69) is 18.2 Å². The number of carbonyl (C=O) groups is 1. The van der Waals surface area contributed by atoms with Crippen molar-refractivity contribution in [1.29, 1.82) is 0 Å². The number of methoxy groups -OCH3 is 1. The maximum atomic E-state index is 12.1. The Kier molecular flexibility index (Phi) is 4.78. The van der Waals surface area contributed by atoms with Gasteiger partial charge in [0, 0.05) is 26.1 Å². The Hall–Kier alpha value is -1.39. The van der Waals surface area contributed by atoms with Crippen LogP contribution in [-0.4, -0.2) is 31.1 Å². The van der Waals surface area contributed by atoms with Gasteiger partial charge in [0.15, 0.2) is 0 Å². The number of nitrogens with two attached hydrogens (primary N) is 1. The van der Waals surface area contributed by atoms with Crippen molar-refractivity contribution in [3.63, 3.8) is 0 Å². The Morgan fingerprint density at radius 3 is 2.80 bits per heavy atom. The van der Waals surface area contributed by atoms with Gasteiger partial charge in [0.2, 0.25) is 5.91 Å². The fourth-order valence-corrected chi connectivity index (χ4v) is 2.64. The smallest absolute Gasteiger partial charge is 0.225 e. The fourth-order valence-electron chi connectivity index (χ4n) is 2.64. The summed E-state index contributed by atoms with van der Waals surface area (Å²) in [5, 5.41) is 0. The molecule has 0 aliphatic carbocycles.